The number of benzene rings is 8. The maximum atomic E-state index is 2.35. The summed E-state index contributed by atoms with van der Waals surface area (Å²) >= 11 is 0. The fourth-order valence-corrected chi connectivity index (χ4v) is 8.12. The molecular formula is C45H28. The molecule has 0 heteroatoms. The number of aryl methyl sites for hydroxylation is 1. The normalized spacial score (nSPS) is 12.1. The maximum Gasteiger partial charge on any atom is -0.00201 e. The first-order valence-corrected chi connectivity index (χ1v) is 15.8. The molecule has 45 heavy (non-hydrogen) atoms. The molecule has 208 valence electrons. The van der Waals surface area contributed by atoms with Gasteiger partial charge >= 0.3 is 0 Å². The van der Waals surface area contributed by atoms with Gasteiger partial charge in [-0.1, -0.05) is 157 Å². The number of hydrogen-bond donors (Lipinski definition) is 0. The average Bonchev–Trinajstić information content (AvgIpc) is 3.60. The van der Waals surface area contributed by atoms with Crippen molar-refractivity contribution in [2.24, 2.45) is 0 Å². The van der Waals surface area contributed by atoms with E-state index in [0.29, 0.717) is 0 Å². The van der Waals surface area contributed by atoms with Crippen LogP contribution in [0.2, 0.25) is 0 Å². The fraction of sp³-hybridized carbons (Fsp3) is 0.0222. The zero-order valence-corrected chi connectivity index (χ0v) is 24.9. The molecule has 2 aliphatic carbocycles. The molecule has 0 saturated carbocycles. The van der Waals surface area contributed by atoms with E-state index in [9.17, 15) is 0 Å². The van der Waals surface area contributed by atoms with Gasteiger partial charge in [0.1, 0.15) is 0 Å². The SMILES string of the molecule is Cc1ccc(-c2c(-c3ccc4c5c(cccc35)-c3ccccc3-4)cccc2-c2ccc3c4c(cccc24)-c2ccccc2-3)cc1. The summed E-state index contributed by atoms with van der Waals surface area (Å²) in [6, 6.07) is 56.6. The summed E-state index contributed by atoms with van der Waals surface area (Å²) in [5.74, 6) is 0. The minimum Gasteiger partial charge on any atom is -0.0616 e. The van der Waals surface area contributed by atoms with Crippen molar-refractivity contribution >= 4 is 21.5 Å². The van der Waals surface area contributed by atoms with Crippen molar-refractivity contribution in [3.05, 3.63) is 157 Å². The fourth-order valence-electron chi connectivity index (χ4n) is 8.12. The first-order chi connectivity index (χ1) is 22.3. The van der Waals surface area contributed by atoms with Crippen molar-refractivity contribution in [3.63, 3.8) is 0 Å². The van der Waals surface area contributed by atoms with Crippen LogP contribution in [0.3, 0.4) is 0 Å². The van der Waals surface area contributed by atoms with Crippen LogP contribution >= 0.6 is 0 Å². The Bertz CT molecular complexity index is 2320. The van der Waals surface area contributed by atoms with Gasteiger partial charge in [-0.3, -0.25) is 0 Å². The molecule has 0 spiro atoms. The Kier molecular flexibility index (Phi) is 5.02. The lowest BCUT2D eigenvalue weighted by Gasteiger charge is -2.20. The molecule has 0 radical (unpaired) electrons. The molecule has 0 aromatic heterocycles. The molecule has 8 aromatic rings. The topological polar surface area (TPSA) is 0 Å². The molecule has 0 bridgehead atoms. The number of hydrogen-bond acceptors (Lipinski definition) is 0. The van der Waals surface area contributed by atoms with Gasteiger partial charge in [-0.25, -0.2) is 0 Å². The Morgan fingerprint density at radius 1 is 0.267 bits per heavy atom. The van der Waals surface area contributed by atoms with E-state index in [1.54, 1.807) is 0 Å². The van der Waals surface area contributed by atoms with Gasteiger partial charge in [0, 0.05) is 0 Å². The Morgan fingerprint density at radius 2 is 0.622 bits per heavy atom. The van der Waals surface area contributed by atoms with Crippen molar-refractivity contribution in [3.8, 4) is 77.9 Å². The second kappa shape index (κ2) is 9.14. The molecule has 0 atom stereocenters. The van der Waals surface area contributed by atoms with Crippen LogP contribution in [0.25, 0.3) is 99.4 Å². The summed E-state index contributed by atoms with van der Waals surface area (Å²) in [6.07, 6.45) is 0. The van der Waals surface area contributed by atoms with E-state index in [-0.39, 0.29) is 0 Å². The second-order valence-corrected chi connectivity index (χ2v) is 12.5. The van der Waals surface area contributed by atoms with Gasteiger partial charge in [-0.2, -0.15) is 0 Å². The molecule has 0 amide bonds. The quantitative estimate of drug-likeness (QED) is 0.199. The molecule has 8 aromatic carbocycles. The predicted octanol–water partition coefficient (Wildman–Crippen LogP) is 12.6. The number of fused-ring (bicyclic) bond motifs is 6. The van der Waals surface area contributed by atoms with E-state index >= 15 is 0 Å². The van der Waals surface area contributed by atoms with Gasteiger partial charge in [0.15, 0.2) is 0 Å². The van der Waals surface area contributed by atoms with Crippen LogP contribution in [-0.4, -0.2) is 0 Å². The van der Waals surface area contributed by atoms with Crippen molar-refractivity contribution in [1.82, 2.24) is 0 Å². The van der Waals surface area contributed by atoms with Gasteiger partial charge in [-0.15, -0.1) is 0 Å². The van der Waals surface area contributed by atoms with Crippen LogP contribution in [0.15, 0.2) is 152 Å². The van der Waals surface area contributed by atoms with Crippen molar-refractivity contribution in [2.45, 2.75) is 6.92 Å². The van der Waals surface area contributed by atoms with Gasteiger partial charge in [0.05, 0.1) is 0 Å². The van der Waals surface area contributed by atoms with Crippen LogP contribution in [0.5, 0.6) is 0 Å². The lowest BCUT2D eigenvalue weighted by atomic mass is 9.83. The van der Waals surface area contributed by atoms with Crippen molar-refractivity contribution in [1.29, 1.82) is 0 Å². The zero-order valence-electron chi connectivity index (χ0n) is 24.9. The first kappa shape index (κ1) is 24.7. The first-order valence-electron chi connectivity index (χ1n) is 15.8. The van der Waals surface area contributed by atoms with E-state index < -0.39 is 0 Å². The molecule has 2 aliphatic rings. The van der Waals surface area contributed by atoms with Crippen molar-refractivity contribution < 1.29 is 0 Å². The third kappa shape index (κ3) is 3.37. The van der Waals surface area contributed by atoms with E-state index in [0.717, 1.165) is 0 Å². The summed E-state index contributed by atoms with van der Waals surface area (Å²) in [7, 11) is 0. The smallest absolute Gasteiger partial charge is 0.00201 e. The van der Waals surface area contributed by atoms with E-state index in [2.05, 4.69) is 159 Å². The third-order valence-corrected chi connectivity index (χ3v) is 10.1. The van der Waals surface area contributed by atoms with Crippen LogP contribution in [0, 0.1) is 6.92 Å². The molecule has 0 saturated heterocycles. The van der Waals surface area contributed by atoms with Crippen LogP contribution in [0.1, 0.15) is 5.56 Å². The second-order valence-electron chi connectivity index (χ2n) is 12.5. The Morgan fingerprint density at radius 3 is 1.09 bits per heavy atom. The van der Waals surface area contributed by atoms with Gasteiger partial charge in [0.25, 0.3) is 0 Å². The lowest BCUT2D eigenvalue weighted by molar-refractivity contribution is 1.47. The molecule has 0 aliphatic heterocycles. The molecule has 0 nitrogen and oxygen atoms in total. The van der Waals surface area contributed by atoms with Crippen LogP contribution in [-0.2, 0) is 0 Å². The van der Waals surface area contributed by atoms with Crippen LogP contribution < -0.4 is 0 Å². The third-order valence-electron chi connectivity index (χ3n) is 10.1. The molecular weight excluding hydrogens is 540 g/mol. The minimum absolute atomic E-state index is 1.24. The van der Waals surface area contributed by atoms with Gasteiger partial charge < -0.3 is 0 Å². The predicted molar refractivity (Wildman–Crippen MR) is 191 cm³/mol. The Balaban J connectivity index is 1.28. The summed E-state index contributed by atoms with van der Waals surface area (Å²) in [5, 5.41) is 5.34. The minimum atomic E-state index is 1.24. The molecule has 0 N–H and O–H groups in total. The summed E-state index contributed by atoms with van der Waals surface area (Å²) in [6.45, 7) is 2.17. The molecule has 10 rings (SSSR count). The van der Waals surface area contributed by atoms with Gasteiger partial charge in [0.2, 0.25) is 0 Å². The Hall–Kier alpha value is -5.72. The summed E-state index contributed by atoms with van der Waals surface area (Å²) < 4.78 is 0. The zero-order chi connectivity index (χ0) is 29.6. The maximum absolute atomic E-state index is 2.35. The largest absolute Gasteiger partial charge is 0.0616 e. The van der Waals surface area contributed by atoms with Gasteiger partial charge in [-0.05, 0) is 106 Å². The summed E-state index contributed by atoms with van der Waals surface area (Å²) in [5.41, 5.74) is 19.5. The average molecular weight is 569 g/mol. The number of rotatable bonds is 3. The highest BCUT2D eigenvalue weighted by Crippen LogP contribution is 2.53. The standard InChI is InChI=1S/C45H28/c1-27-19-21-28(22-20-27)43-35(33-23-25-41-31-11-4-2-9-29(31)37-15-7-17-39(33)44(37)41)13-6-14-36(43)34-24-26-42-32-12-5-3-10-30(32)38-16-8-18-40(34)45(38)42/h2-26H,1H3. The summed E-state index contributed by atoms with van der Waals surface area (Å²) in [4.78, 5) is 0. The highest BCUT2D eigenvalue weighted by molar-refractivity contribution is 6.21. The van der Waals surface area contributed by atoms with E-state index in [4.69, 9.17) is 0 Å². The van der Waals surface area contributed by atoms with E-state index in [1.807, 2.05) is 0 Å². The molecule has 0 heterocycles. The molecule has 0 fully saturated rings. The highest BCUT2D eigenvalue weighted by atomic mass is 14.3. The lowest BCUT2D eigenvalue weighted by Crippen LogP contribution is -1.93. The Labute approximate surface area is 262 Å². The molecule has 0 unspecified atom stereocenters. The monoisotopic (exact) mass is 568 g/mol. The highest BCUT2D eigenvalue weighted by Gasteiger charge is 2.26. The van der Waals surface area contributed by atoms with Crippen molar-refractivity contribution in [2.75, 3.05) is 0 Å². The van der Waals surface area contributed by atoms with Crippen LogP contribution in [0.4, 0.5) is 0 Å². The van der Waals surface area contributed by atoms with E-state index in [1.165, 1.54) is 105 Å².